The number of benzene rings is 1. The molecule has 0 radical (unpaired) electrons. The normalized spacial score (nSPS) is 13.3. The van der Waals surface area contributed by atoms with Gasteiger partial charge in [-0.05, 0) is 51.3 Å². The molecule has 3 N–H and O–H groups in total. The fourth-order valence-corrected chi connectivity index (χ4v) is 2.28. The van der Waals surface area contributed by atoms with Crippen LogP contribution in [0.5, 0.6) is 0 Å². The number of rotatable bonds is 7. The number of carbonyl (C=O) groups is 1. The Morgan fingerprint density at radius 2 is 1.88 bits per heavy atom. The van der Waals surface area contributed by atoms with E-state index in [0.717, 1.165) is 12.0 Å². The molecule has 0 saturated heterocycles. The van der Waals surface area contributed by atoms with Gasteiger partial charge in [-0.15, -0.1) is 0 Å². The zero-order valence-electron chi connectivity index (χ0n) is 16.2. The van der Waals surface area contributed by atoms with E-state index in [2.05, 4.69) is 24.1 Å². The van der Waals surface area contributed by atoms with Crippen molar-refractivity contribution in [1.29, 1.82) is 0 Å². The molecular formula is C21H31NO4. The predicted octanol–water partition coefficient (Wildman–Crippen LogP) is 3.02. The van der Waals surface area contributed by atoms with Crippen molar-refractivity contribution in [1.82, 2.24) is 5.32 Å². The second-order valence-corrected chi connectivity index (χ2v) is 7.30. The van der Waals surface area contributed by atoms with Gasteiger partial charge in [0.05, 0.1) is 12.6 Å². The summed E-state index contributed by atoms with van der Waals surface area (Å²) in [5.74, 6) is 5.54. The maximum absolute atomic E-state index is 11.7. The quantitative estimate of drug-likeness (QED) is 0.515. The monoisotopic (exact) mass is 361 g/mol. The number of carbonyl (C=O) groups excluding carboxylic acids is 1. The topological polar surface area (TPSA) is 78.8 Å². The number of amides is 1. The van der Waals surface area contributed by atoms with Crippen molar-refractivity contribution in [2.24, 2.45) is 0 Å². The number of ether oxygens (including phenoxy) is 1. The number of aryl methyl sites for hydroxylation is 1. The third-order valence-corrected chi connectivity index (χ3v) is 3.67. The zero-order valence-corrected chi connectivity index (χ0v) is 16.2. The van der Waals surface area contributed by atoms with Crippen LogP contribution >= 0.6 is 0 Å². The Morgan fingerprint density at radius 3 is 2.42 bits per heavy atom. The van der Waals surface area contributed by atoms with Crippen LogP contribution in [0.2, 0.25) is 0 Å². The predicted molar refractivity (Wildman–Crippen MR) is 103 cm³/mol. The highest BCUT2D eigenvalue weighted by Gasteiger charge is 2.22. The fraction of sp³-hybridized carbons (Fsp3) is 0.571. The van der Waals surface area contributed by atoms with E-state index in [1.54, 1.807) is 20.8 Å². The molecule has 26 heavy (non-hydrogen) atoms. The van der Waals surface area contributed by atoms with Crippen LogP contribution in [-0.2, 0) is 11.2 Å². The number of aliphatic hydroxyl groups excluding tert-OH is 2. The van der Waals surface area contributed by atoms with E-state index in [-0.39, 0.29) is 0 Å². The molecule has 2 atom stereocenters. The molecule has 144 valence electrons. The molecule has 0 bridgehead atoms. The highest BCUT2D eigenvalue weighted by molar-refractivity contribution is 5.68. The first kappa shape index (κ1) is 22.0. The maximum atomic E-state index is 11.7. The SMILES string of the molecule is CCCCCc1ccc(C#C[C@H](O)[C@@H](CO)NC(=O)OC(C)(C)C)cc1. The molecule has 0 spiro atoms. The van der Waals surface area contributed by atoms with Crippen LogP contribution in [0.3, 0.4) is 0 Å². The standard InChI is InChI=1S/C21H31NO4/c1-5-6-7-8-16-9-11-17(12-10-16)13-14-19(24)18(15-23)22-20(25)26-21(2,3)4/h9-12,18-19,23-24H,5-8,15H2,1-4H3,(H,22,25)/t18-,19+/m1/s1. The largest absolute Gasteiger partial charge is 0.444 e. The summed E-state index contributed by atoms with van der Waals surface area (Å²) in [6.07, 6.45) is 2.75. The van der Waals surface area contributed by atoms with Crippen LogP contribution < -0.4 is 5.32 Å². The van der Waals surface area contributed by atoms with Crippen molar-refractivity contribution in [2.45, 2.75) is 71.1 Å². The van der Waals surface area contributed by atoms with Crippen LogP contribution in [0.1, 0.15) is 58.1 Å². The molecule has 0 heterocycles. The summed E-state index contributed by atoms with van der Waals surface area (Å²) >= 11 is 0. The minimum Gasteiger partial charge on any atom is -0.444 e. The Morgan fingerprint density at radius 1 is 1.23 bits per heavy atom. The Balaban J connectivity index is 2.62. The van der Waals surface area contributed by atoms with Crippen molar-refractivity contribution in [2.75, 3.05) is 6.61 Å². The molecule has 5 nitrogen and oxygen atoms in total. The molecule has 0 aliphatic heterocycles. The van der Waals surface area contributed by atoms with Crippen molar-refractivity contribution in [3.8, 4) is 11.8 Å². The van der Waals surface area contributed by atoms with E-state index in [4.69, 9.17) is 4.74 Å². The second-order valence-electron chi connectivity index (χ2n) is 7.30. The van der Waals surface area contributed by atoms with Gasteiger partial charge in [0, 0.05) is 5.56 Å². The number of nitrogens with one attached hydrogen (secondary N) is 1. The Labute approximate surface area is 156 Å². The van der Waals surface area contributed by atoms with Crippen LogP contribution in [0.15, 0.2) is 24.3 Å². The van der Waals surface area contributed by atoms with Gasteiger partial charge in [-0.3, -0.25) is 0 Å². The van der Waals surface area contributed by atoms with Gasteiger partial charge in [0.2, 0.25) is 0 Å². The number of hydrogen-bond acceptors (Lipinski definition) is 4. The number of alkyl carbamates (subject to hydrolysis) is 1. The van der Waals surface area contributed by atoms with Gasteiger partial charge in [0.1, 0.15) is 11.7 Å². The minimum absolute atomic E-state index is 0.439. The Kier molecular flexibility index (Phi) is 9.18. The lowest BCUT2D eigenvalue weighted by Crippen LogP contribution is -2.47. The van der Waals surface area contributed by atoms with E-state index >= 15 is 0 Å². The van der Waals surface area contributed by atoms with Crippen LogP contribution in [-0.4, -0.2) is 40.7 Å². The molecular weight excluding hydrogens is 330 g/mol. The molecule has 0 aliphatic rings. The summed E-state index contributed by atoms with van der Waals surface area (Å²) in [6.45, 7) is 6.96. The van der Waals surface area contributed by atoms with Gasteiger partial charge in [0.15, 0.2) is 0 Å². The Hall–Kier alpha value is -2.03. The van der Waals surface area contributed by atoms with Gasteiger partial charge in [-0.1, -0.05) is 43.7 Å². The molecule has 0 aliphatic carbocycles. The first-order chi connectivity index (χ1) is 12.2. The number of unbranched alkanes of at least 4 members (excludes halogenated alkanes) is 2. The molecule has 0 fully saturated rings. The zero-order chi connectivity index (χ0) is 19.6. The first-order valence-corrected chi connectivity index (χ1v) is 9.14. The second kappa shape index (κ2) is 10.8. The van der Waals surface area contributed by atoms with Gasteiger partial charge in [0.25, 0.3) is 0 Å². The molecule has 0 saturated carbocycles. The average Bonchev–Trinajstić information content (AvgIpc) is 2.57. The summed E-state index contributed by atoms with van der Waals surface area (Å²) in [4.78, 5) is 11.7. The molecule has 1 aromatic carbocycles. The summed E-state index contributed by atoms with van der Waals surface area (Å²) in [5.41, 5.74) is 1.39. The van der Waals surface area contributed by atoms with E-state index in [9.17, 15) is 15.0 Å². The van der Waals surface area contributed by atoms with Gasteiger partial charge >= 0.3 is 6.09 Å². The van der Waals surface area contributed by atoms with E-state index < -0.39 is 30.4 Å². The van der Waals surface area contributed by atoms with Crippen LogP contribution in [0.25, 0.3) is 0 Å². The van der Waals surface area contributed by atoms with Crippen molar-refractivity contribution in [3.05, 3.63) is 35.4 Å². The third-order valence-electron chi connectivity index (χ3n) is 3.67. The van der Waals surface area contributed by atoms with E-state index in [1.807, 2.05) is 24.3 Å². The molecule has 1 aromatic rings. The van der Waals surface area contributed by atoms with Gasteiger partial charge < -0.3 is 20.3 Å². The lowest BCUT2D eigenvalue weighted by atomic mass is 10.1. The van der Waals surface area contributed by atoms with E-state index in [0.29, 0.717) is 0 Å². The van der Waals surface area contributed by atoms with Crippen molar-refractivity contribution in [3.63, 3.8) is 0 Å². The fourth-order valence-electron chi connectivity index (χ4n) is 2.28. The lowest BCUT2D eigenvalue weighted by Gasteiger charge is -2.23. The summed E-state index contributed by atoms with van der Waals surface area (Å²) in [6, 6.07) is 6.99. The van der Waals surface area contributed by atoms with Crippen LogP contribution in [0.4, 0.5) is 4.79 Å². The molecule has 0 aromatic heterocycles. The van der Waals surface area contributed by atoms with Gasteiger partial charge in [-0.25, -0.2) is 4.79 Å². The summed E-state index contributed by atoms with van der Waals surface area (Å²) in [5, 5.41) is 21.9. The number of hydrogen-bond donors (Lipinski definition) is 3. The minimum atomic E-state index is -1.20. The maximum Gasteiger partial charge on any atom is 0.408 e. The summed E-state index contributed by atoms with van der Waals surface area (Å²) in [7, 11) is 0. The molecule has 5 heteroatoms. The smallest absolute Gasteiger partial charge is 0.408 e. The van der Waals surface area contributed by atoms with Gasteiger partial charge in [-0.2, -0.15) is 0 Å². The lowest BCUT2D eigenvalue weighted by molar-refractivity contribution is 0.0413. The Bertz CT molecular complexity index is 608. The molecule has 1 rings (SSSR count). The molecule has 0 unspecified atom stereocenters. The highest BCUT2D eigenvalue weighted by Crippen LogP contribution is 2.09. The van der Waals surface area contributed by atoms with Crippen molar-refractivity contribution >= 4 is 6.09 Å². The first-order valence-electron chi connectivity index (χ1n) is 9.14. The van der Waals surface area contributed by atoms with Crippen LogP contribution in [0, 0.1) is 11.8 Å². The third kappa shape index (κ3) is 8.89. The highest BCUT2D eigenvalue weighted by atomic mass is 16.6. The summed E-state index contributed by atoms with van der Waals surface area (Å²) < 4.78 is 5.12. The molecule has 1 amide bonds. The average molecular weight is 361 g/mol. The van der Waals surface area contributed by atoms with E-state index in [1.165, 1.54) is 24.8 Å². The number of aliphatic hydroxyl groups is 2. The van der Waals surface area contributed by atoms with Crippen molar-refractivity contribution < 1.29 is 19.7 Å².